The summed E-state index contributed by atoms with van der Waals surface area (Å²) in [5.41, 5.74) is 4.50. The molecule has 1 atom stereocenters. The molecule has 0 aliphatic heterocycles. The van der Waals surface area contributed by atoms with Crippen molar-refractivity contribution in [3.63, 3.8) is 0 Å². The minimum absolute atomic E-state index is 0.159. The first-order valence-electron chi connectivity index (χ1n) is 12.8. The Morgan fingerprint density at radius 3 is 2.21 bits per heavy atom. The minimum atomic E-state index is -0.318. The number of benzene rings is 3. The van der Waals surface area contributed by atoms with Gasteiger partial charge in [0.15, 0.2) is 0 Å². The highest BCUT2D eigenvalue weighted by molar-refractivity contribution is 5.94. The van der Waals surface area contributed by atoms with Crippen molar-refractivity contribution in [1.82, 2.24) is 15.5 Å². The quantitative estimate of drug-likeness (QED) is 0.246. The smallest absolute Gasteiger partial charge is 0.307 e. The van der Waals surface area contributed by atoms with Crippen molar-refractivity contribution in [2.45, 2.75) is 26.7 Å². The second-order valence-corrected chi connectivity index (χ2v) is 9.05. The molecule has 3 aromatic carbocycles. The lowest BCUT2D eigenvalue weighted by Crippen LogP contribution is -2.26. The molecule has 0 bridgehead atoms. The van der Waals surface area contributed by atoms with Crippen molar-refractivity contribution in [2.75, 3.05) is 25.0 Å². The van der Waals surface area contributed by atoms with Gasteiger partial charge in [0.05, 0.1) is 13.0 Å². The average molecular weight is 513 g/mol. The van der Waals surface area contributed by atoms with Crippen molar-refractivity contribution in [3.8, 4) is 22.9 Å². The van der Waals surface area contributed by atoms with Gasteiger partial charge in [-0.2, -0.15) is 0 Å². The maximum absolute atomic E-state index is 12.2. The van der Waals surface area contributed by atoms with Gasteiger partial charge in [0.2, 0.25) is 11.8 Å². The molecular weight excluding hydrogens is 480 g/mol. The number of carbonyl (C=O) groups is 2. The van der Waals surface area contributed by atoms with Crippen molar-refractivity contribution in [3.05, 3.63) is 90.0 Å². The Morgan fingerprint density at radius 2 is 1.55 bits per heavy atom. The number of hydrogen-bond acceptors (Lipinski definition) is 7. The van der Waals surface area contributed by atoms with Gasteiger partial charge in [-0.25, -0.2) is 0 Å². The first-order chi connectivity index (χ1) is 18.5. The predicted octanol–water partition coefficient (Wildman–Crippen LogP) is 5.38. The van der Waals surface area contributed by atoms with Gasteiger partial charge in [0.1, 0.15) is 0 Å². The Hall–Kier alpha value is -4.46. The van der Waals surface area contributed by atoms with Gasteiger partial charge in [0, 0.05) is 35.5 Å². The fourth-order valence-corrected chi connectivity index (χ4v) is 3.94. The summed E-state index contributed by atoms with van der Waals surface area (Å²) < 4.78 is 10.7. The summed E-state index contributed by atoms with van der Waals surface area (Å²) in [5, 5.41) is 14.5. The summed E-state index contributed by atoms with van der Waals surface area (Å²) in [6.07, 6.45) is 1.07. The summed E-state index contributed by atoms with van der Waals surface area (Å²) >= 11 is 0. The summed E-state index contributed by atoms with van der Waals surface area (Å²) in [6, 6.07) is 25.2. The second-order valence-electron chi connectivity index (χ2n) is 9.05. The van der Waals surface area contributed by atoms with Crippen LogP contribution in [0.15, 0.2) is 83.3 Å². The standard InChI is InChI=1S/C30H32N4O4/c1-3-37-27(35)17-18-31-28(36)23-13-15-26(16-14-23)32-20-21(2)19-22-9-11-25(12-10-22)30-34-33-29(38-30)24-7-5-4-6-8-24/h4-16,21,32H,3,17-20H2,1-2H3,(H,31,36)/t21-/m0/s1. The lowest BCUT2D eigenvalue weighted by molar-refractivity contribution is -0.142. The number of ether oxygens (including phenoxy) is 1. The minimum Gasteiger partial charge on any atom is -0.466 e. The molecule has 0 radical (unpaired) electrons. The maximum Gasteiger partial charge on any atom is 0.307 e. The largest absolute Gasteiger partial charge is 0.466 e. The molecule has 4 rings (SSSR count). The molecule has 8 nitrogen and oxygen atoms in total. The Balaban J connectivity index is 1.22. The number of aromatic nitrogens is 2. The van der Waals surface area contributed by atoms with Crippen LogP contribution < -0.4 is 10.6 Å². The Labute approximate surface area is 222 Å². The van der Waals surface area contributed by atoms with E-state index in [4.69, 9.17) is 9.15 Å². The molecule has 1 aromatic heterocycles. The third kappa shape index (κ3) is 7.52. The van der Waals surface area contributed by atoms with Crippen LogP contribution in [-0.2, 0) is 16.0 Å². The fourth-order valence-electron chi connectivity index (χ4n) is 3.94. The number of carbonyl (C=O) groups excluding carboxylic acids is 2. The highest BCUT2D eigenvalue weighted by Crippen LogP contribution is 2.24. The molecule has 196 valence electrons. The molecular formula is C30H32N4O4. The summed E-state index contributed by atoms with van der Waals surface area (Å²) in [7, 11) is 0. The topological polar surface area (TPSA) is 106 Å². The summed E-state index contributed by atoms with van der Waals surface area (Å²) in [6.45, 7) is 5.32. The van der Waals surface area contributed by atoms with E-state index in [2.05, 4.69) is 39.9 Å². The number of nitrogens with zero attached hydrogens (tertiary/aromatic N) is 2. The van der Waals surface area contributed by atoms with Crippen molar-refractivity contribution < 1.29 is 18.7 Å². The number of rotatable bonds is 12. The summed E-state index contributed by atoms with van der Waals surface area (Å²) in [4.78, 5) is 23.6. The zero-order valence-electron chi connectivity index (χ0n) is 21.6. The SMILES string of the molecule is CCOC(=O)CCNC(=O)c1ccc(NC[C@@H](C)Cc2ccc(-c3nnc(-c4ccccc4)o3)cc2)cc1. The molecule has 1 amide bonds. The van der Waals surface area contributed by atoms with Crippen LogP contribution in [0.2, 0.25) is 0 Å². The molecule has 0 unspecified atom stereocenters. The van der Waals surface area contributed by atoms with E-state index in [9.17, 15) is 9.59 Å². The van der Waals surface area contributed by atoms with E-state index in [0.717, 1.165) is 29.8 Å². The van der Waals surface area contributed by atoms with Crippen LogP contribution in [0.25, 0.3) is 22.9 Å². The molecule has 0 saturated carbocycles. The van der Waals surface area contributed by atoms with E-state index in [0.29, 0.717) is 29.9 Å². The van der Waals surface area contributed by atoms with Crippen molar-refractivity contribution >= 4 is 17.6 Å². The number of amides is 1. The van der Waals surface area contributed by atoms with E-state index in [1.165, 1.54) is 5.56 Å². The number of hydrogen-bond donors (Lipinski definition) is 2. The van der Waals surface area contributed by atoms with Crippen LogP contribution in [0, 0.1) is 5.92 Å². The Bertz CT molecular complexity index is 1320. The number of esters is 1. The van der Waals surface area contributed by atoms with Crippen LogP contribution in [0.1, 0.15) is 36.2 Å². The maximum atomic E-state index is 12.2. The molecule has 38 heavy (non-hydrogen) atoms. The van der Waals surface area contributed by atoms with Gasteiger partial charge in [-0.05, 0) is 73.4 Å². The molecule has 2 N–H and O–H groups in total. The predicted molar refractivity (Wildman–Crippen MR) is 147 cm³/mol. The fraction of sp³-hybridized carbons (Fsp3) is 0.267. The second kappa shape index (κ2) is 13.2. The molecule has 0 spiro atoms. The van der Waals surface area contributed by atoms with Gasteiger partial charge in [0.25, 0.3) is 5.91 Å². The first kappa shape index (κ1) is 26.6. The van der Waals surface area contributed by atoms with Crippen molar-refractivity contribution in [2.24, 2.45) is 5.92 Å². The molecule has 0 saturated heterocycles. The van der Waals surface area contributed by atoms with Crippen LogP contribution in [0.4, 0.5) is 5.69 Å². The molecule has 8 heteroatoms. The molecule has 0 aliphatic rings. The normalized spacial score (nSPS) is 11.5. The van der Waals surface area contributed by atoms with Crippen LogP contribution in [0.5, 0.6) is 0 Å². The van der Waals surface area contributed by atoms with Gasteiger partial charge < -0.3 is 19.8 Å². The van der Waals surface area contributed by atoms with Crippen LogP contribution >= 0.6 is 0 Å². The Kier molecular flexibility index (Phi) is 9.23. The summed E-state index contributed by atoms with van der Waals surface area (Å²) in [5.74, 6) is 0.865. The lowest BCUT2D eigenvalue weighted by Gasteiger charge is -2.14. The number of anilines is 1. The molecule has 0 aliphatic carbocycles. The van der Waals surface area contributed by atoms with Crippen LogP contribution in [0.3, 0.4) is 0 Å². The van der Waals surface area contributed by atoms with E-state index in [1.54, 1.807) is 19.1 Å². The average Bonchev–Trinajstić information content (AvgIpc) is 3.44. The third-order valence-electron chi connectivity index (χ3n) is 5.95. The van der Waals surface area contributed by atoms with Crippen LogP contribution in [-0.4, -0.2) is 41.8 Å². The third-order valence-corrected chi connectivity index (χ3v) is 5.95. The zero-order chi connectivity index (χ0) is 26.7. The van der Waals surface area contributed by atoms with E-state index >= 15 is 0 Å². The lowest BCUT2D eigenvalue weighted by atomic mass is 10.00. The van der Waals surface area contributed by atoms with Gasteiger partial charge in [-0.1, -0.05) is 37.3 Å². The highest BCUT2D eigenvalue weighted by atomic mass is 16.5. The van der Waals surface area contributed by atoms with E-state index < -0.39 is 0 Å². The Morgan fingerprint density at radius 1 is 0.895 bits per heavy atom. The molecule has 4 aromatic rings. The van der Waals surface area contributed by atoms with Gasteiger partial charge >= 0.3 is 5.97 Å². The van der Waals surface area contributed by atoms with E-state index in [-0.39, 0.29) is 24.8 Å². The molecule has 1 heterocycles. The van der Waals surface area contributed by atoms with Gasteiger partial charge in [-0.15, -0.1) is 10.2 Å². The van der Waals surface area contributed by atoms with Gasteiger partial charge in [-0.3, -0.25) is 9.59 Å². The number of nitrogens with one attached hydrogen (secondary N) is 2. The monoisotopic (exact) mass is 512 g/mol. The molecule has 0 fully saturated rings. The van der Waals surface area contributed by atoms with Crippen molar-refractivity contribution in [1.29, 1.82) is 0 Å². The highest BCUT2D eigenvalue weighted by Gasteiger charge is 2.11. The van der Waals surface area contributed by atoms with E-state index in [1.807, 2.05) is 54.6 Å². The first-order valence-corrected chi connectivity index (χ1v) is 12.8. The zero-order valence-corrected chi connectivity index (χ0v) is 21.6.